The van der Waals surface area contributed by atoms with Gasteiger partial charge in [0.1, 0.15) is 29.0 Å². The molecule has 0 bridgehead atoms. The number of carbonyl (C=O) groups is 2. The highest BCUT2D eigenvalue weighted by Gasteiger charge is 2.54. The summed E-state index contributed by atoms with van der Waals surface area (Å²) in [6.45, 7) is 2.81. The van der Waals surface area contributed by atoms with Gasteiger partial charge in [-0.15, -0.1) is 0 Å². The molecule has 0 aromatic heterocycles. The van der Waals surface area contributed by atoms with Crippen LogP contribution in [0.15, 0.2) is 18.2 Å². The minimum atomic E-state index is -2.29. The average Bonchev–Trinajstić information content (AvgIpc) is 2.89. The lowest BCUT2D eigenvalue weighted by Crippen LogP contribution is -2.53. The second kappa shape index (κ2) is 9.52. The lowest BCUT2D eigenvalue weighted by Gasteiger charge is -2.46. The standard InChI is InChI=1S/C27H31NO11/c1-9-21(30)12(28)7-15(38-9)39-14-8-27(36,10(2)29)26(35)20-17(14)24(33)19-18(25(20)34)22(31)11-5-4-6-13(37-3)16(11)23(19)32/h4-6,9-10,12,14-15,21,26,29-30,33-36H,7-8,28H2,1-3H3/t9-,10?,12-,14-,15-,21+,26?,27-/m0/s1. The third-order valence-corrected chi connectivity index (χ3v) is 8.07. The number of ether oxygens (including phenoxy) is 3. The lowest BCUT2D eigenvalue weighted by atomic mass is 9.70. The predicted octanol–water partition coefficient (Wildman–Crippen LogP) is 0.312. The van der Waals surface area contributed by atoms with Crippen molar-refractivity contribution in [2.24, 2.45) is 5.73 Å². The Labute approximate surface area is 223 Å². The molecule has 0 amide bonds. The molecule has 210 valence electrons. The summed E-state index contributed by atoms with van der Waals surface area (Å²) < 4.78 is 17.0. The molecule has 12 heteroatoms. The van der Waals surface area contributed by atoms with Crippen molar-refractivity contribution in [1.29, 1.82) is 0 Å². The Balaban J connectivity index is 1.71. The van der Waals surface area contributed by atoms with Gasteiger partial charge in [-0.3, -0.25) is 9.59 Å². The Morgan fingerprint density at radius 1 is 1.08 bits per heavy atom. The number of nitrogens with two attached hydrogens (primary N) is 1. The fourth-order valence-corrected chi connectivity index (χ4v) is 5.82. The second-order valence-electron chi connectivity index (χ2n) is 10.4. The largest absolute Gasteiger partial charge is 0.507 e. The summed E-state index contributed by atoms with van der Waals surface area (Å²) in [6.07, 6.45) is -8.10. The molecule has 5 rings (SSSR count). The van der Waals surface area contributed by atoms with E-state index in [1.165, 1.54) is 32.2 Å². The number of ketones is 2. The van der Waals surface area contributed by atoms with Crippen molar-refractivity contribution < 1.29 is 54.4 Å². The van der Waals surface area contributed by atoms with Crippen molar-refractivity contribution in [3.8, 4) is 17.2 Å². The molecule has 2 aliphatic carbocycles. The van der Waals surface area contributed by atoms with E-state index in [0.717, 1.165) is 0 Å². The molecule has 2 aromatic carbocycles. The molecule has 0 spiro atoms. The number of aliphatic hydroxyl groups is 4. The van der Waals surface area contributed by atoms with Crippen molar-refractivity contribution >= 4 is 11.6 Å². The maximum absolute atomic E-state index is 13.7. The third-order valence-electron chi connectivity index (χ3n) is 8.07. The first kappa shape index (κ1) is 27.5. The van der Waals surface area contributed by atoms with E-state index in [0.29, 0.717) is 0 Å². The average molecular weight is 546 g/mol. The molecule has 8 atom stereocenters. The molecule has 0 radical (unpaired) electrons. The van der Waals surface area contributed by atoms with Crippen LogP contribution in [0, 0.1) is 0 Å². The van der Waals surface area contributed by atoms with Gasteiger partial charge >= 0.3 is 0 Å². The smallest absolute Gasteiger partial charge is 0.202 e. The van der Waals surface area contributed by atoms with Crippen LogP contribution in [0.5, 0.6) is 17.2 Å². The predicted molar refractivity (Wildman–Crippen MR) is 133 cm³/mol. The number of aliphatic hydroxyl groups excluding tert-OH is 3. The van der Waals surface area contributed by atoms with Crippen LogP contribution in [0.25, 0.3) is 0 Å². The fourth-order valence-electron chi connectivity index (χ4n) is 5.82. The number of rotatable bonds is 4. The Bertz CT molecular complexity index is 1350. The Hall–Kier alpha value is -3.10. The zero-order valence-electron chi connectivity index (χ0n) is 21.5. The number of hydrogen-bond donors (Lipinski definition) is 7. The quantitative estimate of drug-likeness (QED) is 0.221. The second-order valence-corrected chi connectivity index (χ2v) is 10.4. The highest BCUT2D eigenvalue weighted by atomic mass is 16.7. The number of aromatic hydroxyl groups is 2. The van der Waals surface area contributed by atoms with Crippen molar-refractivity contribution in [2.75, 3.05) is 7.11 Å². The molecule has 3 aliphatic rings. The number of carbonyl (C=O) groups excluding carboxylic acids is 2. The summed E-state index contributed by atoms with van der Waals surface area (Å²) in [5.41, 5.74) is 1.75. The molecule has 2 aromatic rings. The maximum atomic E-state index is 13.7. The summed E-state index contributed by atoms with van der Waals surface area (Å²) in [5.74, 6) is -3.10. The highest BCUT2D eigenvalue weighted by Crippen LogP contribution is 2.56. The number of hydrogen-bond acceptors (Lipinski definition) is 12. The van der Waals surface area contributed by atoms with Crippen LogP contribution in [0.3, 0.4) is 0 Å². The molecule has 2 unspecified atom stereocenters. The van der Waals surface area contributed by atoms with Crippen molar-refractivity contribution in [1.82, 2.24) is 0 Å². The van der Waals surface area contributed by atoms with E-state index in [1.54, 1.807) is 6.92 Å². The molecule has 1 heterocycles. The topological polar surface area (TPSA) is 209 Å². The molecular formula is C27H31NO11. The van der Waals surface area contributed by atoms with E-state index in [9.17, 15) is 40.2 Å². The van der Waals surface area contributed by atoms with Gasteiger partial charge in [0.05, 0.1) is 48.2 Å². The molecule has 0 saturated carbocycles. The molecule has 1 aliphatic heterocycles. The van der Waals surface area contributed by atoms with Crippen LogP contribution >= 0.6 is 0 Å². The van der Waals surface area contributed by atoms with E-state index < -0.39 is 94.6 Å². The normalized spacial score (nSPS) is 32.7. The number of phenols is 2. The number of methoxy groups -OCH3 is 1. The summed E-state index contributed by atoms with van der Waals surface area (Å²) >= 11 is 0. The van der Waals surface area contributed by atoms with Crippen LogP contribution in [-0.4, -0.2) is 85.6 Å². The third kappa shape index (κ3) is 3.94. The van der Waals surface area contributed by atoms with E-state index in [4.69, 9.17) is 19.9 Å². The van der Waals surface area contributed by atoms with Crippen LogP contribution < -0.4 is 10.5 Å². The SMILES string of the molecule is COc1cccc2c1C(=O)c1c(O)c3c(c(O)c1C2=O)C(O)[C@@](O)(C(C)O)C[C@@H]3O[C@H]1C[C@H](N)[C@H](O)[C@H](C)O1. The molecule has 39 heavy (non-hydrogen) atoms. The maximum Gasteiger partial charge on any atom is 0.202 e. The van der Waals surface area contributed by atoms with E-state index in [1.807, 2.05) is 0 Å². The van der Waals surface area contributed by atoms with E-state index >= 15 is 0 Å². The summed E-state index contributed by atoms with van der Waals surface area (Å²) in [5, 5.41) is 65.9. The van der Waals surface area contributed by atoms with Gasteiger partial charge in [-0.1, -0.05) is 12.1 Å². The molecular weight excluding hydrogens is 514 g/mol. The summed E-state index contributed by atoms with van der Waals surface area (Å²) in [7, 11) is 1.32. The van der Waals surface area contributed by atoms with Gasteiger partial charge in [-0.2, -0.15) is 0 Å². The van der Waals surface area contributed by atoms with Crippen molar-refractivity contribution in [3.05, 3.63) is 51.6 Å². The van der Waals surface area contributed by atoms with Gasteiger partial charge in [-0.05, 0) is 19.9 Å². The molecule has 1 saturated heterocycles. The van der Waals surface area contributed by atoms with Gasteiger partial charge in [0.25, 0.3) is 0 Å². The number of fused-ring (bicyclic) bond motifs is 3. The van der Waals surface area contributed by atoms with Gasteiger partial charge < -0.3 is 50.6 Å². The van der Waals surface area contributed by atoms with Crippen molar-refractivity contribution in [2.45, 2.75) is 75.1 Å². The van der Waals surface area contributed by atoms with Crippen LogP contribution in [0.4, 0.5) is 0 Å². The minimum Gasteiger partial charge on any atom is -0.507 e. The Morgan fingerprint density at radius 3 is 2.33 bits per heavy atom. The van der Waals surface area contributed by atoms with Crippen LogP contribution in [0.1, 0.15) is 81.9 Å². The Morgan fingerprint density at radius 2 is 1.72 bits per heavy atom. The highest BCUT2D eigenvalue weighted by molar-refractivity contribution is 6.31. The number of phenolic OH excluding ortho intramolecular Hbond substituents is 2. The lowest BCUT2D eigenvalue weighted by molar-refractivity contribution is -0.258. The van der Waals surface area contributed by atoms with Gasteiger partial charge in [-0.25, -0.2) is 0 Å². The fraction of sp³-hybridized carbons (Fsp3) is 0.481. The van der Waals surface area contributed by atoms with E-state index in [-0.39, 0.29) is 28.9 Å². The zero-order valence-corrected chi connectivity index (χ0v) is 21.5. The zero-order chi connectivity index (χ0) is 28.5. The first-order valence-electron chi connectivity index (χ1n) is 12.5. The first-order valence-corrected chi connectivity index (χ1v) is 12.5. The molecule has 8 N–H and O–H groups in total. The monoisotopic (exact) mass is 545 g/mol. The first-order chi connectivity index (χ1) is 18.3. The van der Waals surface area contributed by atoms with Gasteiger partial charge in [0, 0.05) is 35.6 Å². The van der Waals surface area contributed by atoms with Crippen LogP contribution in [0.2, 0.25) is 0 Å². The van der Waals surface area contributed by atoms with Gasteiger partial charge in [0.2, 0.25) is 5.78 Å². The minimum absolute atomic E-state index is 0.0205. The van der Waals surface area contributed by atoms with Crippen LogP contribution in [-0.2, 0) is 9.47 Å². The van der Waals surface area contributed by atoms with E-state index in [2.05, 4.69) is 0 Å². The molecule has 1 fully saturated rings. The number of benzene rings is 2. The molecule has 12 nitrogen and oxygen atoms in total. The Kier molecular flexibility index (Phi) is 6.71. The van der Waals surface area contributed by atoms with Crippen molar-refractivity contribution in [3.63, 3.8) is 0 Å². The van der Waals surface area contributed by atoms with Gasteiger partial charge in [0.15, 0.2) is 12.1 Å². The summed E-state index contributed by atoms with van der Waals surface area (Å²) in [4.78, 5) is 27.2. The summed E-state index contributed by atoms with van der Waals surface area (Å²) in [6, 6.07) is 3.60.